The molecule has 0 bridgehead atoms. The van der Waals surface area contributed by atoms with Crippen molar-refractivity contribution in [2.24, 2.45) is 0 Å². The van der Waals surface area contributed by atoms with E-state index in [-0.39, 0.29) is 18.3 Å². The SMILES string of the molecule is Cc1cc2cc(Nc3nc(=O)c(F)cn3Cc3ccc(F)c(C)c3)c(C)cc2[nH]1. The van der Waals surface area contributed by atoms with Crippen LogP contribution in [0.1, 0.15) is 22.4 Å². The van der Waals surface area contributed by atoms with E-state index in [1.807, 2.05) is 32.0 Å². The van der Waals surface area contributed by atoms with Crippen LogP contribution >= 0.6 is 0 Å². The molecule has 0 aliphatic heterocycles. The van der Waals surface area contributed by atoms with E-state index in [9.17, 15) is 13.6 Å². The van der Waals surface area contributed by atoms with Crippen LogP contribution in [0.2, 0.25) is 0 Å². The highest BCUT2D eigenvalue weighted by molar-refractivity contribution is 5.86. The molecule has 5 nitrogen and oxygen atoms in total. The first-order valence-electron chi connectivity index (χ1n) is 9.19. The average Bonchev–Trinajstić information content (AvgIpc) is 3.01. The van der Waals surface area contributed by atoms with E-state index in [0.29, 0.717) is 5.56 Å². The normalized spacial score (nSPS) is 11.2. The molecular formula is C22H20F2N4O. The number of anilines is 2. The molecule has 0 amide bonds. The van der Waals surface area contributed by atoms with Gasteiger partial charge in [0.15, 0.2) is 0 Å². The standard InChI is InChI=1S/C22H20F2N4O/c1-12-6-15(4-5-17(12)23)10-28-11-18(24)21(29)27-22(28)26-19-9-16-8-14(3)25-20(16)7-13(19)2/h4-9,11,25H,10H2,1-3H3,(H,26,27,29). The van der Waals surface area contributed by atoms with Gasteiger partial charge in [-0.25, -0.2) is 4.39 Å². The second kappa shape index (κ2) is 7.16. The number of aromatic nitrogens is 3. The number of aryl methyl sites for hydroxylation is 3. The molecule has 0 aliphatic rings. The number of rotatable bonds is 4. The molecule has 148 valence electrons. The Labute approximate surface area is 166 Å². The fourth-order valence-electron chi connectivity index (χ4n) is 3.38. The molecule has 0 unspecified atom stereocenters. The van der Waals surface area contributed by atoms with Gasteiger partial charge in [0.25, 0.3) is 0 Å². The summed E-state index contributed by atoms with van der Waals surface area (Å²) >= 11 is 0. The quantitative estimate of drug-likeness (QED) is 0.526. The predicted molar refractivity (Wildman–Crippen MR) is 110 cm³/mol. The fraction of sp³-hybridized carbons (Fsp3) is 0.182. The van der Waals surface area contributed by atoms with Gasteiger partial charge < -0.3 is 14.9 Å². The van der Waals surface area contributed by atoms with Crippen LogP contribution in [0.25, 0.3) is 10.9 Å². The Balaban J connectivity index is 1.75. The second-order valence-electron chi connectivity index (χ2n) is 7.26. The van der Waals surface area contributed by atoms with Crippen LogP contribution in [0.15, 0.2) is 47.4 Å². The summed E-state index contributed by atoms with van der Waals surface area (Å²) in [5.41, 5.74) is 4.09. The van der Waals surface area contributed by atoms with Crippen LogP contribution in [0, 0.1) is 32.4 Å². The molecule has 0 saturated heterocycles. The molecule has 7 heteroatoms. The van der Waals surface area contributed by atoms with Crippen LogP contribution in [0.3, 0.4) is 0 Å². The van der Waals surface area contributed by atoms with Gasteiger partial charge in [-0.3, -0.25) is 4.79 Å². The largest absolute Gasteiger partial charge is 0.359 e. The minimum absolute atomic E-state index is 0.216. The molecule has 4 aromatic rings. The molecule has 4 rings (SSSR count). The van der Waals surface area contributed by atoms with Crippen molar-refractivity contribution in [1.29, 1.82) is 0 Å². The van der Waals surface area contributed by atoms with Crippen LogP contribution in [0.5, 0.6) is 0 Å². The van der Waals surface area contributed by atoms with Crippen LogP contribution in [0.4, 0.5) is 20.4 Å². The summed E-state index contributed by atoms with van der Waals surface area (Å²) in [4.78, 5) is 19.0. The lowest BCUT2D eigenvalue weighted by atomic mass is 10.1. The molecule has 0 fully saturated rings. The lowest BCUT2D eigenvalue weighted by Gasteiger charge is -2.16. The van der Waals surface area contributed by atoms with Gasteiger partial charge in [0.05, 0.1) is 6.54 Å². The second-order valence-corrected chi connectivity index (χ2v) is 7.26. The number of aromatic amines is 1. The third-order valence-corrected chi connectivity index (χ3v) is 4.88. The smallest absolute Gasteiger partial charge is 0.310 e. The highest BCUT2D eigenvalue weighted by Crippen LogP contribution is 2.26. The monoisotopic (exact) mass is 394 g/mol. The van der Waals surface area contributed by atoms with Crippen molar-refractivity contribution in [2.45, 2.75) is 27.3 Å². The molecule has 2 aromatic carbocycles. The zero-order valence-corrected chi connectivity index (χ0v) is 16.3. The topological polar surface area (TPSA) is 62.7 Å². The van der Waals surface area contributed by atoms with Gasteiger partial charge in [0, 0.05) is 28.5 Å². The van der Waals surface area contributed by atoms with Gasteiger partial charge in [0.2, 0.25) is 11.8 Å². The Morgan fingerprint density at radius 2 is 1.83 bits per heavy atom. The van der Waals surface area contributed by atoms with Crippen molar-refractivity contribution in [2.75, 3.05) is 5.32 Å². The van der Waals surface area contributed by atoms with E-state index in [1.54, 1.807) is 19.1 Å². The van der Waals surface area contributed by atoms with E-state index in [2.05, 4.69) is 15.3 Å². The molecule has 0 saturated carbocycles. The van der Waals surface area contributed by atoms with Crippen LogP contribution < -0.4 is 10.9 Å². The molecule has 0 atom stereocenters. The number of fused-ring (bicyclic) bond motifs is 1. The van der Waals surface area contributed by atoms with Gasteiger partial charge in [-0.2, -0.15) is 9.37 Å². The Kier molecular flexibility index (Phi) is 4.66. The van der Waals surface area contributed by atoms with E-state index in [4.69, 9.17) is 0 Å². The van der Waals surface area contributed by atoms with E-state index in [1.165, 1.54) is 10.6 Å². The van der Waals surface area contributed by atoms with Gasteiger partial charge in [-0.1, -0.05) is 12.1 Å². The minimum atomic E-state index is -0.942. The van der Waals surface area contributed by atoms with Crippen molar-refractivity contribution in [1.82, 2.24) is 14.5 Å². The number of nitrogens with zero attached hydrogens (tertiary/aromatic N) is 2. The lowest BCUT2D eigenvalue weighted by Crippen LogP contribution is -2.20. The highest BCUT2D eigenvalue weighted by Gasteiger charge is 2.12. The number of H-pyrrole nitrogens is 1. The van der Waals surface area contributed by atoms with Crippen molar-refractivity contribution in [3.8, 4) is 0 Å². The molecule has 2 N–H and O–H groups in total. The van der Waals surface area contributed by atoms with Crippen molar-refractivity contribution < 1.29 is 8.78 Å². The Hall–Kier alpha value is -3.48. The molecule has 0 spiro atoms. The summed E-state index contributed by atoms with van der Waals surface area (Å²) in [6.45, 7) is 5.82. The number of hydrogen-bond donors (Lipinski definition) is 2. The first kappa shape index (κ1) is 18.9. The van der Waals surface area contributed by atoms with Crippen molar-refractivity contribution in [3.05, 3.63) is 87.0 Å². The predicted octanol–water partition coefficient (Wildman–Crippen LogP) is 4.72. The summed E-state index contributed by atoms with van der Waals surface area (Å²) in [5.74, 6) is -1.03. The molecular weight excluding hydrogens is 374 g/mol. The molecule has 0 aliphatic carbocycles. The Morgan fingerprint density at radius 1 is 1.03 bits per heavy atom. The number of benzene rings is 2. The maximum atomic E-state index is 13.9. The maximum Gasteiger partial charge on any atom is 0.310 e. The summed E-state index contributed by atoms with van der Waals surface area (Å²) in [7, 11) is 0. The Bertz CT molecular complexity index is 1290. The van der Waals surface area contributed by atoms with Gasteiger partial charge in [-0.15, -0.1) is 0 Å². The first-order valence-corrected chi connectivity index (χ1v) is 9.19. The number of nitrogens with one attached hydrogen (secondary N) is 2. The molecule has 29 heavy (non-hydrogen) atoms. The summed E-state index contributed by atoms with van der Waals surface area (Å²) in [5, 5.41) is 4.17. The van der Waals surface area contributed by atoms with Crippen molar-refractivity contribution in [3.63, 3.8) is 0 Å². The van der Waals surface area contributed by atoms with Gasteiger partial charge in [-0.05, 0) is 61.7 Å². The van der Waals surface area contributed by atoms with Crippen LogP contribution in [-0.4, -0.2) is 14.5 Å². The van der Waals surface area contributed by atoms with E-state index in [0.717, 1.165) is 39.6 Å². The number of hydrogen-bond acceptors (Lipinski definition) is 3. The molecule has 2 heterocycles. The van der Waals surface area contributed by atoms with Crippen LogP contribution in [-0.2, 0) is 6.54 Å². The summed E-state index contributed by atoms with van der Waals surface area (Å²) in [6, 6.07) is 10.7. The zero-order chi connectivity index (χ0) is 20.7. The maximum absolute atomic E-state index is 13.9. The van der Waals surface area contributed by atoms with Gasteiger partial charge >= 0.3 is 5.56 Å². The van der Waals surface area contributed by atoms with Gasteiger partial charge in [0.1, 0.15) is 5.82 Å². The minimum Gasteiger partial charge on any atom is -0.359 e. The lowest BCUT2D eigenvalue weighted by molar-refractivity contribution is 0.578. The average molecular weight is 394 g/mol. The Morgan fingerprint density at radius 3 is 2.59 bits per heavy atom. The van der Waals surface area contributed by atoms with Crippen molar-refractivity contribution >= 4 is 22.5 Å². The third kappa shape index (κ3) is 3.76. The zero-order valence-electron chi connectivity index (χ0n) is 16.3. The van der Waals surface area contributed by atoms with E-state index >= 15 is 0 Å². The highest BCUT2D eigenvalue weighted by atomic mass is 19.1. The summed E-state index contributed by atoms with van der Waals surface area (Å²) < 4.78 is 29.0. The third-order valence-electron chi connectivity index (χ3n) is 4.88. The first-order chi connectivity index (χ1) is 13.8. The van der Waals surface area contributed by atoms with E-state index < -0.39 is 11.4 Å². The summed E-state index contributed by atoms with van der Waals surface area (Å²) in [6.07, 6.45) is 1.12. The molecule has 0 radical (unpaired) electrons. The fourth-order valence-corrected chi connectivity index (χ4v) is 3.38. The number of halogens is 2. The molecule has 2 aromatic heterocycles.